The number of para-hydroxylation sites is 1. The lowest BCUT2D eigenvalue weighted by Gasteiger charge is -2.43. The smallest absolute Gasteiger partial charge is 0.343 e. The highest BCUT2D eigenvalue weighted by atomic mass is 16.5. The summed E-state index contributed by atoms with van der Waals surface area (Å²) in [5.74, 6) is 0.998. The molecule has 0 N–H and O–H groups in total. The van der Waals surface area contributed by atoms with Crippen LogP contribution in [0.2, 0.25) is 0 Å². The van der Waals surface area contributed by atoms with Crippen molar-refractivity contribution in [1.82, 2.24) is 0 Å². The first kappa shape index (κ1) is 15.5. The van der Waals surface area contributed by atoms with E-state index in [0.717, 1.165) is 29.8 Å². The maximum absolute atomic E-state index is 12.9. The van der Waals surface area contributed by atoms with Crippen LogP contribution < -0.4 is 15.3 Å². The van der Waals surface area contributed by atoms with E-state index < -0.39 is 0 Å². The lowest BCUT2D eigenvalue weighted by Crippen LogP contribution is -2.42. The molecule has 0 saturated heterocycles. The molecule has 0 aliphatic carbocycles. The number of ether oxygens (including phenoxy) is 1. The van der Waals surface area contributed by atoms with Crippen molar-refractivity contribution >= 4 is 16.7 Å². The van der Waals surface area contributed by atoms with Gasteiger partial charge in [0, 0.05) is 30.6 Å². The minimum Gasteiger partial charge on any atom is -0.492 e. The quantitative estimate of drug-likeness (QED) is 0.619. The van der Waals surface area contributed by atoms with Gasteiger partial charge in [0.25, 0.3) is 0 Å². The number of hydrogen-bond acceptors (Lipinski definition) is 4. The Morgan fingerprint density at radius 2 is 2.00 bits per heavy atom. The topological polar surface area (TPSA) is 42.7 Å². The van der Waals surface area contributed by atoms with Gasteiger partial charge < -0.3 is 14.1 Å². The number of likely N-dealkylation sites (N-methyl/N-ethyl adjacent to an activating group) is 1. The predicted molar refractivity (Wildman–Crippen MR) is 103 cm³/mol. The molecule has 0 bridgehead atoms. The van der Waals surface area contributed by atoms with Gasteiger partial charge in [0.05, 0.1) is 17.6 Å². The highest BCUT2D eigenvalue weighted by Crippen LogP contribution is 2.49. The van der Waals surface area contributed by atoms with Gasteiger partial charge in [0.2, 0.25) is 0 Å². The lowest BCUT2D eigenvalue weighted by atomic mass is 9.76. The number of hydrogen-bond donors (Lipinski definition) is 0. The Labute approximate surface area is 152 Å². The third kappa shape index (κ3) is 2.11. The van der Waals surface area contributed by atoms with Crippen LogP contribution in [0.25, 0.3) is 11.0 Å². The molecule has 1 aromatic heterocycles. The van der Waals surface area contributed by atoms with Crippen molar-refractivity contribution in [2.24, 2.45) is 0 Å². The van der Waals surface area contributed by atoms with E-state index in [-0.39, 0.29) is 17.5 Å². The van der Waals surface area contributed by atoms with E-state index in [1.165, 1.54) is 11.3 Å². The lowest BCUT2D eigenvalue weighted by molar-refractivity contribution is 0.231. The van der Waals surface area contributed by atoms with E-state index in [4.69, 9.17) is 9.15 Å². The highest BCUT2D eigenvalue weighted by molar-refractivity contribution is 5.86. The van der Waals surface area contributed by atoms with Crippen LogP contribution in [-0.2, 0) is 0 Å². The second-order valence-corrected chi connectivity index (χ2v) is 7.25. The molecule has 0 radical (unpaired) electrons. The molecule has 3 aromatic rings. The first-order chi connectivity index (χ1) is 12.7. The molecule has 3 heterocycles. The minimum absolute atomic E-state index is 0.0924. The van der Waals surface area contributed by atoms with Gasteiger partial charge in [-0.15, -0.1) is 0 Å². The van der Waals surface area contributed by atoms with Gasteiger partial charge in [0.1, 0.15) is 11.3 Å². The molecule has 2 aromatic carbocycles. The molecule has 0 saturated carbocycles. The van der Waals surface area contributed by atoms with Crippen molar-refractivity contribution in [2.45, 2.75) is 25.7 Å². The molecule has 2 aliphatic rings. The molecule has 5 rings (SSSR count). The molecule has 0 spiro atoms. The van der Waals surface area contributed by atoms with Crippen molar-refractivity contribution in [1.29, 1.82) is 0 Å². The van der Waals surface area contributed by atoms with Crippen LogP contribution in [-0.4, -0.2) is 19.7 Å². The van der Waals surface area contributed by atoms with Crippen LogP contribution in [0.3, 0.4) is 0 Å². The average Bonchev–Trinajstić information content (AvgIpc) is 2.67. The van der Waals surface area contributed by atoms with Gasteiger partial charge >= 0.3 is 5.63 Å². The first-order valence-electron chi connectivity index (χ1n) is 9.21. The van der Waals surface area contributed by atoms with Gasteiger partial charge in [-0.2, -0.15) is 0 Å². The maximum atomic E-state index is 12.9. The van der Waals surface area contributed by atoms with Crippen LogP contribution >= 0.6 is 0 Å². The number of rotatable bonds is 1. The Kier molecular flexibility index (Phi) is 3.36. The highest BCUT2D eigenvalue weighted by Gasteiger charge is 2.41. The zero-order valence-corrected chi connectivity index (χ0v) is 15.0. The van der Waals surface area contributed by atoms with Crippen molar-refractivity contribution in [2.75, 3.05) is 24.6 Å². The second kappa shape index (κ2) is 5.63. The number of anilines is 1. The Bertz CT molecular complexity index is 1070. The Morgan fingerprint density at radius 1 is 1.15 bits per heavy atom. The first-order valence-corrected chi connectivity index (χ1v) is 9.21. The monoisotopic (exact) mass is 347 g/mol. The fourth-order valence-electron chi connectivity index (χ4n) is 4.52. The summed E-state index contributed by atoms with van der Waals surface area (Å²) in [4.78, 5) is 15.2. The van der Waals surface area contributed by atoms with Gasteiger partial charge in [-0.3, -0.25) is 0 Å². The number of benzene rings is 2. The Hall–Kier alpha value is -2.75. The van der Waals surface area contributed by atoms with Crippen LogP contribution in [0.5, 0.6) is 5.75 Å². The number of aryl methyl sites for hydroxylation is 1. The summed E-state index contributed by atoms with van der Waals surface area (Å²) in [5, 5.41) is 0.903. The Morgan fingerprint density at radius 3 is 2.85 bits per heavy atom. The molecular weight excluding hydrogens is 326 g/mol. The zero-order valence-electron chi connectivity index (χ0n) is 15.0. The number of nitrogens with zero attached hydrogens (tertiary/aromatic N) is 1. The molecule has 0 fully saturated rings. The molecule has 4 nitrogen and oxygen atoms in total. The van der Waals surface area contributed by atoms with Crippen LogP contribution in [0.4, 0.5) is 5.69 Å². The van der Waals surface area contributed by atoms with Crippen LogP contribution in [0.15, 0.2) is 51.7 Å². The van der Waals surface area contributed by atoms with Gasteiger partial charge in [0.15, 0.2) is 0 Å². The number of fused-ring (bicyclic) bond motifs is 7. The summed E-state index contributed by atoms with van der Waals surface area (Å²) in [6.07, 6.45) is 0. The van der Waals surface area contributed by atoms with E-state index in [0.29, 0.717) is 17.8 Å². The average molecular weight is 347 g/mol. The minimum atomic E-state index is -0.263. The van der Waals surface area contributed by atoms with Crippen LogP contribution in [0.1, 0.15) is 35.4 Å². The third-order valence-electron chi connectivity index (χ3n) is 5.79. The van der Waals surface area contributed by atoms with Crippen molar-refractivity contribution in [3.8, 4) is 5.75 Å². The molecule has 0 unspecified atom stereocenters. The standard InChI is InChI=1S/C22H21NO3/c1-3-23-11-16-17(14-6-4-5-7-18(14)23)12-25-21-15-10-13(2)8-9-19(15)26-22(24)20(16)21/h4-10,16-17H,3,11-12H2,1-2H3/t16-,17-/m1/s1. The van der Waals surface area contributed by atoms with E-state index >= 15 is 0 Å². The fraction of sp³-hybridized carbons (Fsp3) is 0.318. The molecule has 132 valence electrons. The van der Waals surface area contributed by atoms with Crippen LogP contribution in [0, 0.1) is 6.92 Å². The maximum Gasteiger partial charge on any atom is 0.343 e. The normalized spacial score (nSPS) is 20.9. The van der Waals surface area contributed by atoms with E-state index in [1.54, 1.807) is 0 Å². The summed E-state index contributed by atoms with van der Waals surface area (Å²) in [6, 6.07) is 14.3. The SMILES string of the molecule is CCN1C[C@H]2c3c(c4cc(C)ccc4oc3=O)OC[C@@H]2c2ccccc21. The Balaban J connectivity index is 1.74. The van der Waals surface area contributed by atoms with E-state index in [2.05, 4.69) is 36.1 Å². The summed E-state index contributed by atoms with van der Waals surface area (Å²) in [6.45, 7) is 6.52. The summed E-state index contributed by atoms with van der Waals surface area (Å²) in [5.41, 5.74) is 4.68. The summed E-state index contributed by atoms with van der Waals surface area (Å²) in [7, 11) is 0. The van der Waals surface area contributed by atoms with Crippen molar-refractivity contribution < 1.29 is 9.15 Å². The molecular formula is C22H21NO3. The van der Waals surface area contributed by atoms with Gasteiger partial charge in [-0.1, -0.05) is 29.8 Å². The summed E-state index contributed by atoms with van der Waals surface area (Å²) >= 11 is 0. The molecule has 4 heteroatoms. The second-order valence-electron chi connectivity index (χ2n) is 7.25. The largest absolute Gasteiger partial charge is 0.492 e. The predicted octanol–water partition coefficient (Wildman–Crippen LogP) is 4.20. The van der Waals surface area contributed by atoms with E-state index in [1.807, 2.05) is 25.1 Å². The summed E-state index contributed by atoms with van der Waals surface area (Å²) < 4.78 is 11.9. The zero-order chi connectivity index (χ0) is 17.8. The van der Waals surface area contributed by atoms with Crippen molar-refractivity contribution in [3.63, 3.8) is 0 Å². The fourth-order valence-corrected chi connectivity index (χ4v) is 4.52. The molecule has 0 amide bonds. The third-order valence-corrected chi connectivity index (χ3v) is 5.79. The molecule has 2 atom stereocenters. The van der Waals surface area contributed by atoms with Gasteiger partial charge in [-0.05, 0) is 37.6 Å². The van der Waals surface area contributed by atoms with E-state index in [9.17, 15) is 4.79 Å². The molecule has 2 aliphatic heterocycles. The molecule has 26 heavy (non-hydrogen) atoms. The van der Waals surface area contributed by atoms with Gasteiger partial charge in [-0.25, -0.2) is 4.79 Å². The van der Waals surface area contributed by atoms with Crippen molar-refractivity contribution in [3.05, 3.63) is 69.6 Å².